The average molecular weight is 411 g/mol. The van der Waals surface area contributed by atoms with E-state index in [1.54, 1.807) is 0 Å². The van der Waals surface area contributed by atoms with Gasteiger partial charge in [0.25, 0.3) is 0 Å². The lowest BCUT2D eigenvalue weighted by atomic mass is 10.0. The molecular weight excluding hydrogens is 377 g/mol. The van der Waals surface area contributed by atoms with E-state index in [1.807, 2.05) is 7.05 Å². The summed E-state index contributed by atoms with van der Waals surface area (Å²) in [5.41, 5.74) is 0. The molecule has 0 bridgehead atoms. The molecule has 0 radical (unpaired) electrons. The zero-order valence-corrected chi connectivity index (χ0v) is 16.7. The lowest BCUT2D eigenvalue weighted by molar-refractivity contribution is 0.116. The Bertz CT molecular complexity index is 294. The van der Waals surface area contributed by atoms with Crippen molar-refractivity contribution >= 4 is 29.9 Å². The van der Waals surface area contributed by atoms with Crippen molar-refractivity contribution in [3.63, 3.8) is 0 Å². The van der Waals surface area contributed by atoms with Crippen LogP contribution in [-0.4, -0.2) is 75.7 Å². The first-order valence-corrected chi connectivity index (χ1v) is 7.93. The van der Waals surface area contributed by atoms with Gasteiger partial charge < -0.3 is 15.5 Å². The molecule has 0 aliphatic carbocycles. The molecule has 21 heavy (non-hydrogen) atoms. The number of nitrogens with zero attached hydrogens (tertiary/aromatic N) is 3. The molecule has 6 heteroatoms. The van der Waals surface area contributed by atoms with Gasteiger partial charge in [-0.1, -0.05) is 26.7 Å². The Kier molecular flexibility index (Phi) is 11.4. The molecule has 5 nitrogen and oxygen atoms in total. The van der Waals surface area contributed by atoms with Crippen molar-refractivity contribution < 1.29 is 0 Å². The van der Waals surface area contributed by atoms with Gasteiger partial charge in [0.05, 0.1) is 0 Å². The highest BCUT2D eigenvalue weighted by atomic mass is 127. The van der Waals surface area contributed by atoms with Gasteiger partial charge in [-0.15, -0.1) is 24.0 Å². The van der Waals surface area contributed by atoms with E-state index in [2.05, 4.69) is 53.4 Å². The van der Waals surface area contributed by atoms with Crippen LogP contribution in [0.3, 0.4) is 0 Å². The molecule has 1 heterocycles. The van der Waals surface area contributed by atoms with Crippen molar-refractivity contribution in [1.29, 1.82) is 0 Å². The van der Waals surface area contributed by atoms with Crippen LogP contribution in [-0.2, 0) is 0 Å². The third-order valence-electron chi connectivity index (χ3n) is 4.42. The number of hydrogen-bond acceptors (Lipinski definition) is 3. The van der Waals surface area contributed by atoms with Crippen LogP contribution in [0.15, 0.2) is 4.99 Å². The summed E-state index contributed by atoms with van der Waals surface area (Å²) < 4.78 is 0. The minimum atomic E-state index is 0. The lowest BCUT2D eigenvalue weighted by Gasteiger charge is -2.38. The molecule has 0 aromatic rings. The van der Waals surface area contributed by atoms with Gasteiger partial charge in [0.15, 0.2) is 5.96 Å². The van der Waals surface area contributed by atoms with Crippen molar-refractivity contribution in [2.24, 2.45) is 10.9 Å². The van der Waals surface area contributed by atoms with E-state index in [-0.39, 0.29) is 24.0 Å². The number of aliphatic imine (C=N–C) groups is 1. The van der Waals surface area contributed by atoms with Crippen LogP contribution in [0.1, 0.15) is 26.7 Å². The van der Waals surface area contributed by atoms with Gasteiger partial charge in [-0.2, -0.15) is 0 Å². The summed E-state index contributed by atoms with van der Waals surface area (Å²) in [6.45, 7) is 9.87. The van der Waals surface area contributed by atoms with Crippen molar-refractivity contribution in [3.8, 4) is 0 Å². The summed E-state index contributed by atoms with van der Waals surface area (Å²) >= 11 is 0. The fraction of sp³-hybridized carbons (Fsp3) is 0.933. The van der Waals surface area contributed by atoms with Gasteiger partial charge in [-0.05, 0) is 20.0 Å². The second-order valence-corrected chi connectivity index (χ2v) is 5.91. The molecule has 0 aromatic heterocycles. The maximum atomic E-state index is 4.32. The fourth-order valence-electron chi connectivity index (χ4n) is 2.58. The summed E-state index contributed by atoms with van der Waals surface area (Å²) in [6.07, 6.45) is 2.44. The monoisotopic (exact) mass is 411 g/mol. The van der Waals surface area contributed by atoms with Gasteiger partial charge in [0.2, 0.25) is 0 Å². The topological polar surface area (TPSA) is 42.9 Å². The number of piperazine rings is 1. The fourth-order valence-corrected chi connectivity index (χ4v) is 2.58. The SMILES string of the molecule is CCC(CC)CNC(=NC)NCC1CN(C)CCN1C.I. The first kappa shape index (κ1) is 20.9. The molecule has 1 aliphatic rings. The highest BCUT2D eigenvalue weighted by Crippen LogP contribution is 2.06. The second kappa shape index (κ2) is 11.5. The standard InChI is InChI=1S/C15H33N5.HI/c1-6-13(7-2)10-17-15(16-3)18-11-14-12-19(4)8-9-20(14)5;/h13-14H,6-12H2,1-5H3,(H2,16,17,18);1H. The minimum Gasteiger partial charge on any atom is -0.356 e. The molecule has 0 saturated carbocycles. The average Bonchev–Trinajstić information content (AvgIpc) is 2.46. The van der Waals surface area contributed by atoms with E-state index < -0.39 is 0 Å². The number of halogens is 1. The Morgan fingerprint density at radius 3 is 2.43 bits per heavy atom. The molecule has 1 rings (SSSR count). The Hall–Kier alpha value is -0.0800. The van der Waals surface area contributed by atoms with Gasteiger partial charge in [-0.3, -0.25) is 9.89 Å². The number of guanidine groups is 1. The third-order valence-corrected chi connectivity index (χ3v) is 4.42. The van der Waals surface area contributed by atoms with Crippen LogP contribution in [0, 0.1) is 5.92 Å². The van der Waals surface area contributed by atoms with E-state index in [9.17, 15) is 0 Å². The van der Waals surface area contributed by atoms with Gasteiger partial charge in [0, 0.05) is 45.8 Å². The molecule has 1 aliphatic heterocycles. The van der Waals surface area contributed by atoms with Crippen LogP contribution >= 0.6 is 24.0 Å². The second-order valence-electron chi connectivity index (χ2n) is 5.91. The summed E-state index contributed by atoms with van der Waals surface area (Å²) in [4.78, 5) is 9.15. The van der Waals surface area contributed by atoms with Gasteiger partial charge in [-0.25, -0.2) is 0 Å². The number of likely N-dealkylation sites (N-methyl/N-ethyl adjacent to an activating group) is 2. The van der Waals surface area contributed by atoms with Gasteiger partial charge in [0.1, 0.15) is 0 Å². The molecule has 1 saturated heterocycles. The van der Waals surface area contributed by atoms with Crippen molar-refractivity contribution in [3.05, 3.63) is 0 Å². The van der Waals surface area contributed by atoms with Gasteiger partial charge >= 0.3 is 0 Å². The normalized spacial score (nSPS) is 21.2. The smallest absolute Gasteiger partial charge is 0.191 e. The molecule has 126 valence electrons. The van der Waals surface area contributed by atoms with Crippen molar-refractivity contribution in [2.45, 2.75) is 32.7 Å². The molecule has 1 atom stereocenters. The summed E-state index contributed by atoms with van der Waals surface area (Å²) in [5.74, 6) is 1.66. The maximum absolute atomic E-state index is 4.32. The number of nitrogens with one attached hydrogen (secondary N) is 2. The summed E-state index contributed by atoms with van der Waals surface area (Å²) in [5, 5.41) is 6.91. The highest BCUT2D eigenvalue weighted by Gasteiger charge is 2.22. The minimum absolute atomic E-state index is 0. The van der Waals surface area contributed by atoms with Crippen molar-refractivity contribution in [2.75, 3.05) is 53.9 Å². The zero-order valence-electron chi connectivity index (χ0n) is 14.4. The first-order chi connectivity index (χ1) is 9.60. The molecular formula is C15H34IN5. The molecule has 2 N–H and O–H groups in total. The third kappa shape index (κ3) is 7.65. The maximum Gasteiger partial charge on any atom is 0.191 e. The van der Waals surface area contributed by atoms with Crippen LogP contribution in [0.2, 0.25) is 0 Å². The van der Waals surface area contributed by atoms with E-state index in [0.717, 1.165) is 44.6 Å². The zero-order chi connectivity index (χ0) is 15.0. The van der Waals surface area contributed by atoms with Crippen LogP contribution in [0.5, 0.6) is 0 Å². The molecule has 0 spiro atoms. The van der Waals surface area contributed by atoms with E-state index in [1.165, 1.54) is 12.8 Å². The first-order valence-electron chi connectivity index (χ1n) is 7.93. The predicted octanol–water partition coefficient (Wildman–Crippen LogP) is 1.45. The Morgan fingerprint density at radius 2 is 1.86 bits per heavy atom. The summed E-state index contributed by atoms with van der Waals surface area (Å²) in [7, 11) is 6.25. The highest BCUT2D eigenvalue weighted by molar-refractivity contribution is 14.0. The van der Waals surface area contributed by atoms with E-state index in [4.69, 9.17) is 0 Å². The number of hydrogen-bond donors (Lipinski definition) is 2. The Labute approximate surface area is 148 Å². The Morgan fingerprint density at radius 1 is 1.19 bits per heavy atom. The van der Waals surface area contributed by atoms with Crippen LogP contribution < -0.4 is 10.6 Å². The molecule has 0 aromatic carbocycles. The largest absolute Gasteiger partial charge is 0.356 e. The molecule has 1 unspecified atom stereocenters. The van der Waals surface area contributed by atoms with Crippen LogP contribution in [0.25, 0.3) is 0 Å². The predicted molar refractivity (Wildman–Crippen MR) is 103 cm³/mol. The van der Waals surface area contributed by atoms with Crippen LogP contribution in [0.4, 0.5) is 0 Å². The number of rotatable bonds is 6. The summed E-state index contributed by atoms with van der Waals surface area (Å²) in [6, 6.07) is 0.556. The molecule has 0 amide bonds. The van der Waals surface area contributed by atoms with E-state index >= 15 is 0 Å². The molecule has 1 fully saturated rings. The Balaban J connectivity index is 0.00000400. The quantitative estimate of drug-likeness (QED) is 0.395. The van der Waals surface area contributed by atoms with E-state index in [0.29, 0.717) is 6.04 Å². The van der Waals surface area contributed by atoms with Crippen molar-refractivity contribution in [1.82, 2.24) is 20.4 Å². The lowest BCUT2D eigenvalue weighted by Crippen LogP contribution is -2.55.